The Morgan fingerprint density at radius 2 is 2.29 bits per heavy atom. The highest BCUT2D eigenvalue weighted by molar-refractivity contribution is 9.10. The molecule has 0 saturated carbocycles. The van der Waals surface area contributed by atoms with Gasteiger partial charge in [0.25, 0.3) is 0 Å². The van der Waals surface area contributed by atoms with Crippen LogP contribution in [0.3, 0.4) is 0 Å². The van der Waals surface area contributed by atoms with Gasteiger partial charge in [0.1, 0.15) is 5.69 Å². The van der Waals surface area contributed by atoms with Crippen molar-refractivity contribution in [2.45, 2.75) is 6.61 Å². The first kappa shape index (κ1) is 9.36. The predicted molar refractivity (Wildman–Crippen MR) is 55.0 cm³/mol. The van der Waals surface area contributed by atoms with Crippen molar-refractivity contribution in [3.05, 3.63) is 40.6 Å². The van der Waals surface area contributed by atoms with E-state index in [-0.39, 0.29) is 6.61 Å². The highest BCUT2D eigenvalue weighted by Gasteiger charge is 2.01. The Bertz CT molecular complexity index is 441. The van der Waals surface area contributed by atoms with E-state index in [9.17, 15) is 0 Å². The van der Waals surface area contributed by atoms with Crippen LogP contribution in [0.15, 0.2) is 34.9 Å². The molecule has 1 N–H and O–H groups in total. The molecular weight excluding hydrogens is 246 g/mol. The maximum absolute atomic E-state index is 8.83. The number of aliphatic hydroxyl groups excluding tert-OH is 1. The molecule has 5 heteroatoms. The zero-order valence-electron chi connectivity index (χ0n) is 7.26. The lowest BCUT2D eigenvalue weighted by atomic mass is 10.3. The predicted octanol–water partition coefficient (Wildman–Crippen LogP) is 1.52. The Balaban J connectivity index is 2.39. The highest BCUT2D eigenvalue weighted by atomic mass is 79.9. The molecule has 4 nitrogen and oxygen atoms in total. The molecule has 1 aromatic carbocycles. The maximum atomic E-state index is 8.83. The molecule has 1 aromatic heterocycles. The fourth-order valence-electron chi connectivity index (χ4n) is 1.12. The lowest BCUT2D eigenvalue weighted by molar-refractivity contribution is 0.276. The first-order valence-corrected chi connectivity index (χ1v) is 4.87. The molecule has 0 aliphatic heterocycles. The molecule has 0 atom stereocenters. The number of hydrogen-bond donors (Lipinski definition) is 1. The molecule has 14 heavy (non-hydrogen) atoms. The lowest BCUT2D eigenvalue weighted by Crippen LogP contribution is -1.94. The largest absolute Gasteiger partial charge is 0.390 e. The van der Waals surface area contributed by atoms with Crippen LogP contribution in [0.4, 0.5) is 0 Å². The molecule has 0 aliphatic rings. The molecule has 2 aromatic rings. The van der Waals surface area contributed by atoms with Gasteiger partial charge in [0.15, 0.2) is 0 Å². The third-order valence-electron chi connectivity index (χ3n) is 1.78. The van der Waals surface area contributed by atoms with Crippen LogP contribution >= 0.6 is 15.9 Å². The summed E-state index contributed by atoms with van der Waals surface area (Å²) in [4.78, 5) is 0. The number of hydrogen-bond acceptors (Lipinski definition) is 3. The van der Waals surface area contributed by atoms with Crippen molar-refractivity contribution in [3.63, 3.8) is 0 Å². The molecular formula is C9H8BrN3O. The number of rotatable bonds is 2. The second kappa shape index (κ2) is 3.89. The molecule has 0 spiro atoms. The Labute approximate surface area is 89.3 Å². The molecule has 2 rings (SSSR count). The quantitative estimate of drug-likeness (QED) is 0.883. The minimum Gasteiger partial charge on any atom is -0.390 e. The van der Waals surface area contributed by atoms with Gasteiger partial charge in [0.2, 0.25) is 0 Å². The first-order chi connectivity index (χ1) is 6.79. The van der Waals surface area contributed by atoms with Crippen molar-refractivity contribution in [1.29, 1.82) is 0 Å². The van der Waals surface area contributed by atoms with Crippen LogP contribution in [0.5, 0.6) is 0 Å². The summed E-state index contributed by atoms with van der Waals surface area (Å²) in [5, 5.41) is 16.5. The van der Waals surface area contributed by atoms with Crippen molar-refractivity contribution in [1.82, 2.24) is 15.0 Å². The molecule has 0 amide bonds. The normalized spacial score (nSPS) is 10.4. The van der Waals surface area contributed by atoms with E-state index in [0.29, 0.717) is 5.69 Å². The second-order valence-electron chi connectivity index (χ2n) is 2.79. The Kier molecular flexibility index (Phi) is 2.60. The van der Waals surface area contributed by atoms with Crippen LogP contribution in [0.25, 0.3) is 5.69 Å². The van der Waals surface area contributed by atoms with Crippen LogP contribution in [0.1, 0.15) is 5.69 Å². The number of benzene rings is 1. The van der Waals surface area contributed by atoms with Gasteiger partial charge >= 0.3 is 0 Å². The van der Waals surface area contributed by atoms with Crippen molar-refractivity contribution < 1.29 is 5.11 Å². The number of aromatic nitrogens is 3. The second-order valence-corrected chi connectivity index (χ2v) is 3.71. The topological polar surface area (TPSA) is 50.9 Å². The van der Waals surface area contributed by atoms with Gasteiger partial charge in [-0.25, -0.2) is 4.68 Å². The highest BCUT2D eigenvalue weighted by Crippen LogP contribution is 2.14. The van der Waals surface area contributed by atoms with Crippen molar-refractivity contribution in [3.8, 4) is 5.69 Å². The van der Waals surface area contributed by atoms with E-state index in [1.165, 1.54) is 0 Å². The fourth-order valence-corrected chi connectivity index (χ4v) is 1.50. The zero-order chi connectivity index (χ0) is 9.97. The maximum Gasteiger partial charge on any atom is 0.109 e. The summed E-state index contributed by atoms with van der Waals surface area (Å²) in [5.41, 5.74) is 1.47. The average Bonchev–Trinajstić information content (AvgIpc) is 2.66. The molecule has 0 unspecified atom stereocenters. The third kappa shape index (κ3) is 1.83. The Morgan fingerprint density at radius 3 is 2.93 bits per heavy atom. The van der Waals surface area contributed by atoms with Crippen LogP contribution in [0, 0.1) is 0 Å². The van der Waals surface area contributed by atoms with Crippen LogP contribution in [-0.4, -0.2) is 20.1 Å². The Morgan fingerprint density at radius 1 is 1.43 bits per heavy atom. The summed E-state index contributed by atoms with van der Waals surface area (Å²) in [5.74, 6) is 0. The first-order valence-electron chi connectivity index (χ1n) is 4.07. The Hall–Kier alpha value is -1.20. The van der Waals surface area contributed by atoms with Gasteiger partial charge in [-0.1, -0.05) is 27.2 Å². The van der Waals surface area contributed by atoms with Crippen molar-refractivity contribution in [2.75, 3.05) is 0 Å². The molecule has 1 heterocycles. The van der Waals surface area contributed by atoms with Gasteiger partial charge < -0.3 is 5.11 Å². The minimum atomic E-state index is -0.0893. The summed E-state index contributed by atoms with van der Waals surface area (Å²) in [6.07, 6.45) is 1.70. The molecule has 72 valence electrons. The van der Waals surface area contributed by atoms with Crippen molar-refractivity contribution >= 4 is 15.9 Å². The van der Waals surface area contributed by atoms with E-state index in [0.717, 1.165) is 10.2 Å². The summed E-state index contributed by atoms with van der Waals surface area (Å²) in [7, 11) is 0. The van der Waals surface area contributed by atoms with Gasteiger partial charge in [-0.3, -0.25) is 0 Å². The van der Waals surface area contributed by atoms with E-state index in [1.807, 2.05) is 24.3 Å². The van der Waals surface area contributed by atoms with Gasteiger partial charge in [-0.2, -0.15) is 0 Å². The molecule has 0 bridgehead atoms. The van der Waals surface area contributed by atoms with Crippen LogP contribution in [-0.2, 0) is 6.61 Å². The molecule has 0 aliphatic carbocycles. The van der Waals surface area contributed by atoms with E-state index in [2.05, 4.69) is 26.2 Å². The van der Waals surface area contributed by atoms with E-state index >= 15 is 0 Å². The summed E-state index contributed by atoms with van der Waals surface area (Å²) < 4.78 is 2.60. The minimum absolute atomic E-state index is 0.0893. The number of halogens is 1. The smallest absolute Gasteiger partial charge is 0.109 e. The summed E-state index contributed by atoms with van der Waals surface area (Å²) in [6.45, 7) is -0.0893. The van der Waals surface area contributed by atoms with Gasteiger partial charge in [0.05, 0.1) is 18.5 Å². The van der Waals surface area contributed by atoms with Crippen LogP contribution < -0.4 is 0 Å². The standard InChI is InChI=1S/C9H8BrN3O/c10-7-2-1-3-9(4-7)13-5-8(6-14)11-12-13/h1-5,14H,6H2. The SMILES string of the molecule is OCc1cn(-c2cccc(Br)c2)nn1. The van der Waals surface area contributed by atoms with Crippen LogP contribution in [0.2, 0.25) is 0 Å². The fraction of sp³-hybridized carbons (Fsp3) is 0.111. The number of nitrogens with zero attached hydrogens (tertiary/aromatic N) is 3. The molecule has 0 saturated heterocycles. The van der Waals surface area contributed by atoms with Gasteiger partial charge in [0, 0.05) is 4.47 Å². The lowest BCUT2D eigenvalue weighted by Gasteiger charge is -1.99. The van der Waals surface area contributed by atoms with E-state index < -0.39 is 0 Å². The van der Waals surface area contributed by atoms with Gasteiger partial charge in [-0.15, -0.1) is 5.10 Å². The zero-order valence-corrected chi connectivity index (χ0v) is 8.85. The molecule has 0 fully saturated rings. The average molecular weight is 254 g/mol. The summed E-state index contributed by atoms with van der Waals surface area (Å²) >= 11 is 3.37. The summed E-state index contributed by atoms with van der Waals surface area (Å²) in [6, 6.07) is 7.70. The van der Waals surface area contributed by atoms with E-state index in [1.54, 1.807) is 10.9 Å². The van der Waals surface area contributed by atoms with E-state index in [4.69, 9.17) is 5.11 Å². The number of aliphatic hydroxyl groups is 1. The third-order valence-corrected chi connectivity index (χ3v) is 2.27. The monoisotopic (exact) mass is 253 g/mol. The van der Waals surface area contributed by atoms with Gasteiger partial charge in [-0.05, 0) is 18.2 Å². The molecule has 0 radical (unpaired) electrons. The van der Waals surface area contributed by atoms with Crippen molar-refractivity contribution in [2.24, 2.45) is 0 Å².